The fraction of sp³-hybridized carbons (Fsp3) is 0.444. The van der Waals surface area contributed by atoms with Crippen LogP contribution in [-0.4, -0.2) is 39.5 Å². The van der Waals surface area contributed by atoms with Crippen LogP contribution in [0.5, 0.6) is 0 Å². The summed E-state index contributed by atoms with van der Waals surface area (Å²) in [6.45, 7) is 1.52. The van der Waals surface area contributed by atoms with Crippen LogP contribution in [-0.2, 0) is 29.6 Å². The fourth-order valence-corrected chi connectivity index (χ4v) is 3.91. The Bertz CT molecular complexity index is 920. The van der Waals surface area contributed by atoms with Crippen molar-refractivity contribution in [1.82, 2.24) is 14.7 Å². The van der Waals surface area contributed by atoms with Crippen molar-refractivity contribution in [2.24, 2.45) is 12.8 Å². The molecule has 0 radical (unpaired) electrons. The number of carbonyl (C=O) groups is 1. The monoisotopic (exact) mass is 396 g/mol. The molecule has 1 aromatic carbocycles. The van der Waals surface area contributed by atoms with E-state index in [1.165, 1.54) is 0 Å². The number of carbonyl (C=O) groups excluding carboxylic acids is 1. The highest BCUT2D eigenvalue weighted by Gasteiger charge is 2.40. The van der Waals surface area contributed by atoms with Crippen LogP contribution < -0.4 is 5.73 Å². The Morgan fingerprint density at radius 1 is 1.25 bits per heavy atom. The minimum absolute atomic E-state index is 0.124. The molecule has 0 saturated carbocycles. The smallest absolute Gasteiger partial charge is 0.404 e. The summed E-state index contributed by atoms with van der Waals surface area (Å²) in [5.41, 5.74) is 7.13. The first-order chi connectivity index (χ1) is 13.3. The average molecular weight is 396 g/mol. The molecule has 2 aliphatic heterocycles. The number of aryl methyl sites for hydroxylation is 1. The summed E-state index contributed by atoms with van der Waals surface area (Å²) in [4.78, 5) is 13.5. The van der Waals surface area contributed by atoms with Gasteiger partial charge < -0.3 is 15.2 Å². The largest absolute Gasteiger partial charge is 0.443 e. The number of hydrogen-bond acceptors (Lipinski definition) is 5. The van der Waals surface area contributed by atoms with Gasteiger partial charge in [0, 0.05) is 49.8 Å². The Kier molecular flexibility index (Phi) is 4.76. The first-order valence-electron chi connectivity index (χ1n) is 8.79. The topological polar surface area (TPSA) is 82.6 Å². The normalized spacial score (nSPS) is 24.9. The van der Waals surface area contributed by atoms with E-state index in [2.05, 4.69) is 10.00 Å². The van der Waals surface area contributed by atoms with Gasteiger partial charge in [-0.3, -0.25) is 9.58 Å². The lowest BCUT2D eigenvalue weighted by atomic mass is 9.94. The second kappa shape index (κ2) is 7.10. The molecular formula is C18H19F3N4O3. The third-order valence-corrected chi connectivity index (χ3v) is 5.31. The number of hydrogen-bond donors (Lipinski definition) is 1. The van der Waals surface area contributed by atoms with E-state index in [0.29, 0.717) is 25.6 Å². The molecule has 0 aliphatic carbocycles. The zero-order chi connectivity index (χ0) is 20.0. The Labute approximate surface area is 158 Å². The molecule has 7 nitrogen and oxygen atoms in total. The molecule has 1 aromatic heterocycles. The number of ether oxygens (including phenoxy) is 2. The zero-order valence-corrected chi connectivity index (χ0v) is 15.1. The standard InChI is InChI=1S/C18H19F3N4O3/c1-24-15-7-25(6-9(15)5-23-24)10-2-16(28-18(22)26)17(27-8-10)11-3-13(20)14(21)4-12(11)19/h3-5,10,16-17H,2,6-8H2,1H3,(H2,22,26)/t10-,16+,17-/m1/s1. The molecule has 1 amide bonds. The first-order valence-corrected chi connectivity index (χ1v) is 8.79. The lowest BCUT2D eigenvalue weighted by molar-refractivity contribution is -0.114. The number of amides is 1. The van der Waals surface area contributed by atoms with Crippen molar-refractivity contribution in [2.75, 3.05) is 6.61 Å². The minimum atomic E-state index is -1.30. The molecule has 0 unspecified atom stereocenters. The average Bonchev–Trinajstić information content (AvgIpc) is 3.20. The number of halogens is 3. The molecule has 2 aliphatic rings. The van der Waals surface area contributed by atoms with E-state index >= 15 is 0 Å². The van der Waals surface area contributed by atoms with Crippen LogP contribution >= 0.6 is 0 Å². The van der Waals surface area contributed by atoms with Crippen LogP contribution in [0.3, 0.4) is 0 Å². The van der Waals surface area contributed by atoms with Gasteiger partial charge in [-0.2, -0.15) is 5.10 Å². The molecule has 4 rings (SSSR count). The molecule has 3 atom stereocenters. The van der Waals surface area contributed by atoms with Crippen LogP contribution in [0, 0.1) is 17.5 Å². The number of nitrogens with zero attached hydrogens (tertiary/aromatic N) is 3. The number of rotatable bonds is 3. The van der Waals surface area contributed by atoms with Crippen molar-refractivity contribution in [2.45, 2.75) is 37.8 Å². The second-order valence-electron chi connectivity index (χ2n) is 7.05. The summed E-state index contributed by atoms with van der Waals surface area (Å²) in [6.07, 6.45) is -0.942. The maximum Gasteiger partial charge on any atom is 0.404 e. The van der Waals surface area contributed by atoms with Gasteiger partial charge in [0.1, 0.15) is 18.0 Å². The van der Waals surface area contributed by atoms with E-state index in [0.717, 1.165) is 17.3 Å². The van der Waals surface area contributed by atoms with Crippen molar-refractivity contribution >= 4 is 6.09 Å². The number of primary amides is 1. The molecule has 150 valence electrons. The third kappa shape index (κ3) is 3.33. The van der Waals surface area contributed by atoms with Gasteiger partial charge in [0.15, 0.2) is 11.6 Å². The highest BCUT2D eigenvalue weighted by atomic mass is 19.2. The van der Waals surface area contributed by atoms with Crippen LogP contribution in [0.4, 0.5) is 18.0 Å². The van der Waals surface area contributed by atoms with Crippen molar-refractivity contribution in [3.8, 4) is 0 Å². The molecule has 10 heteroatoms. The van der Waals surface area contributed by atoms with Gasteiger partial charge in [-0.15, -0.1) is 0 Å². The Hall–Kier alpha value is -2.59. The number of fused-ring (bicyclic) bond motifs is 1. The van der Waals surface area contributed by atoms with E-state index in [-0.39, 0.29) is 18.2 Å². The fourth-order valence-electron chi connectivity index (χ4n) is 3.91. The molecular weight excluding hydrogens is 377 g/mol. The number of benzene rings is 1. The van der Waals surface area contributed by atoms with Crippen molar-refractivity contribution in [3.63, 3.8) is 0 Å². The lowest BCUT2D eigenvalue weighted by Gasteiger charge is -2.39. The molecule has 2 N–H and O–H groups in total. The van der Waals surface area contributed by atoms with Gasteiger partial charge in [0.25, 0.3) is 0 Å². The summed E-state index contributed by atoms with van der Waals surface area (Å²) in [5.74, 6) is -3.48. The van der Waals surface area contributed by atoms with Gasteiger partial charge in [0.2, 0.25) is 0 Å². The molecule has 0 spiro atoms. The molecule has 3 heterocycles. The Morgan fingerprint density at radius 3 is 2.71 bits per heavy atom. The Morgan fingerprint density at radius 2 is 2.00 bits per heavy atom. The van der Waals surface area contributed by atoms with Crippen LogP contribution in [0.15, 0.2) is 18.3 Å². The highest BCUT2D eigenvalue weighted by Crippen LogP contribution is 2.36. The summed E-state index contributed by atoms with van der Waals surface area (Å²) in [5, 5.41) is 4.21. The van der Waals surface area contributed by atoms with E-state index in [1.807, 2.05) is 7.05 Å². The van der Waals surface area contributed by atoms with Gasteiger partial charge in [-0.1, -0.05) is 0 Å². The van der Waals surface area contributed by atoms with E-state index in [9.17, 15) is 18.0 Å². The van der Waals surface area contributed by atoms with Gasteiger partial charge in [-0.25, -0.2) is 18.0 Å². The summed E-state index contributed by atoms with van der Waals surface area (Å²) in [6, 6.07) is 1.05. The third-order valence-electron chi connectivity index (χ3n) is 5.31. The minimum Gasteiger partial charge on any atom is -0.443 e. The van der Waals surface area contributed by atoms with E-state index in [1.54, 1.807) is 10.9 Å². The highest BCUT2D eigenvalue weighted by molar-refractivity contribution is 5.65. The second-order valence-corrected chi connectivity index (χ2v) is 7.05. The van der Waals surface area contributed by atoms with Gasteiger partial charge in [0.05, 0.1) is 18.5 Å². The number of aromatic nitrogens is 2. The molecule has 2 aromatic rings. The zero-order valence-electron chi connectivity index (χ0n) is 15.1. The SMILES string of the molecule is Cn1ncc2c1CN([C@H]1CO[C@H](c3cc(F)c(F)cc3F)[C@@H](OC(N)=O)C1)C2. The predicted molar refractivity (Wildman–Crippen MR) is 90.3 cm³/mol. The first kappa shape index (κ1) is 18.8. The predicted octanol–water partition coefficient (Wildman–Crippen LogP) is 2.15. The lowest BCUT2D eigenvalue weighted by Crippen LogP contribution is -2.46. The van der Waals surface area contributed by atoms with Crippen LogP contribution in [0.2, 0.25) is 0 Å². The number of nitrogens with two attached hydrogens (primary N) is 1. The quantitative estimate of drug-likeness (QED) is 0.804. The van der Waals surface area contributed by atoms with Crippen molar-refractivity contribution in [1.29, 1.82) is 0 Å². The molecule has 1 saturated heterocycles. The van der Waals surface area contributed by atoms with E-state index in [4.69, 9.17) is 15.2 Å². The maximum atomic E-state index is 14.2. The maximum absolute atomic E-state index is 14.2. The summed E-state index contributed by atoms with van der Waals surface area (Å²) >= 11 is 0. The van der Waals surface area contributed by atoms with E-state index < -0.39 is 35.8 Å². The van der Waals surface area contributed by atoms with Crippen LogP contribution in [0.1, 0.15) is 29.3 Å². The van der Waals surface area contributed by atoms with Crippen molar-refractivity contribution < 1.29 is 27.4 Å². The van der Waals surface area contributed by atoms with Crippen molar-refractivity contribution in [3.05, 3.63) is 52.6 Å². The Balaban J connectivity index is 1.55. The molecule has 1 fully saturated rings. The summed E-state index contributed by atoms with van der Waals surface area (Å²) in [7, 11) is 1.86. The summed E-state index contributed by atoms with van der Waals surface area (Å²) < 4.78 is 53.8. The van der Waals surface area contributed by atoms with Crippen LogP contribution in [0.25, 0.3) is 0 Å². The van der Waals surface area contributed by atoms with Gasteiger partial charge >= 0.3 is 6.09 Å². The van der Waals surface area contributed by atoms with Gasteiger partial charge in [-0.05, 0) is 6.07 Å². The molecule has 28 heavy (non-hydrogen) atoms. The molecule has 0 bridgehead atoms.